The molecule has 0 radical (unpaired) electrons. The maximum Gasteiger partial charge on any atom is 0.297 e. The monoisotopic (exact) mass is 417 g/mol. The van der Waals surface area contributed by atoms with Crippen molar-refractivity contribution in [3.8, 4) is 17.2 Å². The van der Waals surface area contributed by atoms with E-state index in [-0.39, 0.29) is 11.7 Å². The third kappa shape index (κ3) is 6.41. The molecule has 0 aliphatic heterocycles. The molecule has 0 amide bonds. The SMILES string of the molecule is CCCCCCCCn1c(=O)c(OCCCC)c(OC(C)C)c2ccc(OC)cc21. The summed E-state index contributed by atoms with van der Waals surface area (Å²) in [4.78, 5) is 13.5. The highest BCUT2D eigenvalue weighted by atomic mass is 16.5. The predicted molar refractivity (Wildman–Crippen MR) is 124 cm³/mol. The Morgan fingerprint density at radius 1 is 0.933 bits per heavy atom. The summed E-state index contributed by atoms with van der Waals surface area (Å²) in [6, 6.07) is 5.80. The lowest BCUT2D eigenvalue weighted by atomic mass is 10.1. The molecule has 5 nitrogen and oxygen atoms in total. The van der Waals surface area contributed by atoms with Crippen LogP contribution in [0.3, 0.4) is 0 Å². The van der Waals surface area contributed by atoms with Gasteiger partial charge in [-0.3, -0.25) is 4.79 Å². The molecule has 1 heterocycles. The standard InChI is InChI=1S/C25H39NO4/c1-6-8-10-11-12-13-16-26-22-18-20(28-5)14-15-21(22)23(30-19(3)4)24(25(26)27)29-17-9-7-2/h14-15,18-19H,6-13,16-17H2,1-5H3. The molecule has 30 heavy (non-hydrogen) atoms. The van der Waals surface area contributed by atoms with E-state index in [4.69, 9.17) is 14.2 Å². The van der Waals surface area contributed by atoms with Crippen molar-refractivity contribution in [2.75, 3.05) is 13.7 Å². The molecular weight excluding hydrogens is 378 g/mol. The van der Waals surface area contributed by atoms with Gasteiger partial charge in [0, 0.05) is 18.0 Å². The van der Waals surface area contributed by atoms with Crippen LogP contribution >= 0.6 is 0 Å². The van der Waals surface area contributed by atoms with Crippen molar-refractivity contribution >= 4 is 10.9 Å². The van der Waals surface area contributed by atoms with Gasteiger partial charge < -0.3 is 18.8 Å². The summed E-state index contributed by atoms with van der Waals surface area (Å²) in [5.74, 6) is 1.61. The van der Waals surface area contributed by atoms with E-state index >= 15 is 0 Å². The Hall–Kier alpha value is -2.17. The molecule has 2 aromatic rings. The summed E-state index contributed by atoms with van der Waals surface area (Å²) < 4.78 is 19.3. The van der Waals surface area contributed by atoms with Crippen molar-refractivity contribution in [3.05, 3.63) is 28.6 Å². The lowest BCUT2D eigenvalue weighted by molar-refractivity contribution is 0.220. The molecule has 0 atom stereocenters. The Morgan fingerprint density at radius 3 is 2.30 bits per heavy atom. The van der Waals surface area contributed by atoms with Gasteiger partial charge in [-0.05, 0) is 38.8 Å². The van der Waals surface area contributed by atoms with Crippen LogP contribution in [0.25, 0.3) is 10.9 Å². The minimum absolute atomic E-state index is 0.0577. The van der Waals surface area contributed by atoms with Gasteiger partial charge in [0.15, 0.2) is 5.75 Å². The van der Waals surface area contributed by atoms with Gasteiger partial charge in [-0.1, -0.05) is 52.4 Å². The highest BCUT2D eigenvalue weighted by Crippen LogP contribution is 2.35. The molecule has 0 aliphatic carbocycles. The number of hydrogen-bond donors (Lipinski definition) is 0. The van der Waals surface area contributed by atoms with E-state index in [0.717, 1.165) is 42.3 Å². The third-order valence-electron chi connectivity index (χ3n) is 5.22. The topological polar surface area (TPSA) is 49.7 Å². The van der Waals surface area contributed by atoms with E-state index in [1.165, 1.54) is 25.7 Å². The molecule has 0 saturated heterocycles. The lowest BCUT2D eigenvalue weighted by Crippen LogP contribution is -2.25. The van der Waals surface area contributed by atoms with Crippen LogP contribution in [0.4, 0.5) is 0 Å². The van der Waals surface area contributed by atoms with Gasteiger partial charge in [-0.2, -0.15) is 0 Å². The number of aryl methyl sites for hydroxylation is 1. The number of hydrogen-bond acceptors (Lipinski definition) is 4. The molecule has 5 heteroatoms. The highest BCUT2D eigenvalue weighted by molar-refractivity contribution is 5.89. The number of methoxy groups -OCH3 is 1. The highest BCUT2D eigenvalue weighted by Gasteiger charge is 2.21. The van der Waals surface area contributed by atoms with E-state index in [9.17, 15) is 4.79 Å². The average Bonchev–Trinajstić information content (AvgIpc) is 2.73. The summed E-state index contributed by atoms with van der Waals surface area (Å²) >= 11 is 0. The third-order valence-corrected chi connectivity index (χ3v) is 5.22. The molecule has 0 unspecified atom stereocenters. The van der Waals surface area contributed by atoms with Gasteiger partial charge in [0.1, 0.15) is 5.75 Å². The van der Waals surface area contributed by atoms with Crippen molar-refractivity contribution in [1.82, 2.24) is 4.57 Å². The maximum absolute atomic E-state index is 13.5. The zero-order chi connectivity index (χ0) is 21.9. The summed E-state index contributed by atoms with van der Waals surface area (Å²) in [5, 5.41) is 0.890. The Bertz CT molecular complexity index is 841. The summed E-state index contributed by atoms with van der Waals surface area (Å²) in [6.45, 7) is 9.44. The molecule has 1 aromatic carbocycles. The van der Waals surface area contributed by atoms with Crippen LogP contribution in [0.2, 0.25) is 0 Å². The van der Waals surface area contributed by atoms with Crippen molar-refractivity contribution in [1.29, 1.82) is 0 Å². The average molecular weight is 418 g/mol. The minimum atomic E-state index is -0.115. The van der Waals surface area contributed by atoms with Gasteiger partial charge in [0.25, 0.3) is 5.56 Å². The van der Waals surface area contributed by atoms with Crippen LogP contribution in [0, 0.1) is 0 Å². The largest absolute Gasteiger partial charge is 0.497 e. The first-order valence-corrected chi connectivity index (χ1v) is 11.6. The molecule has 0 fully saturated rings. The van der Waals surface area contributed by atoms with Gasteiger partial charge in [0.2, 0.25) is 5.75 Å². The number of ether oxygens (including phenoxy) is 3. The van der Waals surface area contributed by atoms with Crippen LogP contribution in [0.15, 0.2) is 23.0 Å². The number of fused-ring (bicyclic) bond motifs is 1. The van der Waals surface area contributed by atoms with Crippen molar-refractivity contribution in [3.63, 3.8) is 0 Å². The minimum Gasteiger partial charge on any atom is -0.497 e. The van der Waals surface area contributed by atoms with Gasteiger partial charge in [-0.25, -0.2) is 0 Å². The molecular formula is C25H39NO4. The molecule has 0 aliphatic rings. The summed E-state index contributed by atoms with van der Waals surface area (Å²) in [6.07, 6.45) is 8.91. The molecule has 2 rings (SSSR count). The normalized spacial score (nSPS) is 11.3. The van der Waals surface area contributed by atoms with Crippen molar-refractivity contribution < 1.29 is 14.2 Å². The zero-order valence-corrected chi connectivity index (χ0v) is 19.5. The fourth-order valence-electron chi connectivity index (χ4n) is 3.58. The first kappa shape index (κ1) is 24.1. The van der Waals surface area contributed by atoms with Gasteiger partial charge in [0.05, 0.1) is 25.3 Å². The Labute approximate surface area is 181 Å². The van der Waals surface area contributed by atoms with Crippen LogP contribution in [-0.2, 0) is 6.54 Å². The Balaban J connectivity index is 2.47. The first-order chi connectivity index (χ1) is 14.5. The van der Waals surface area contributed by atoms with E-state index in [0.29, 0.717) is 24.7 Å². The molecule has 1 aromatic heterocycles. The first-order valence-electron chi connectivity index (χ1n) is 11.6. The van der Waals surface area contributed by atoms with Crippen molar-refractivity contribution in [2.24, 2.45) is 0 Å². The van der Waals surface area contributed by atoms with E-state index < -0.39 is 0 Å². The van der Waals surface area contributed by atoms with Gasteiger partial charge in [-0.15, -0.1) is 0 Å². The maximum atomic E-state index is 13.5. The van der Waals surface area contributed by atoms with E-state index in [1.54, 1.807) is 7.11 Å². The van der Waals surface area contributed by atoms with E-state index in [2.05, 4.69) is 13.8 Å². The summed E-state index contributed by atoms with van der Waals surface area (Å²) in [5.41, 5.74) is 0.725. The zero-order valence-electron chi connectivity index (χ0n) is 19.5. The molecule has 0 N–H and O–H groups in total. The number of rotatable bonds is 14. The molecule has 0 bridgehead atoms. The quantitative estimate of drug-likeness (QED) is 0.337. The Morgan fingerprint density at radius 2 is 1.63 bits per heavy atom. The van der Waals surface area contributed by atoms with Crippen LogP contribution in [0.1, 0.15) is 79.1 Å². The fourth-order valence-corrected chi connectivity index (χ4v) is 3.58. The molecule has 168 valence electrons. The Kier molecular flexibility index (Phi) is 10.0. The molecule has 0 saturated carbocycles. The van der Waals surface area contributed by atoms with Crippen LogP contribution in [0.5, 0.6) is 17.2 Å². The fraction of sp³-hybridized carbons (Fsp3) is 0.640. The lowest BCUT2D eigenvalue weighted by Gasteiger charge is -2.20. The summed E-state index contributed by atoms with van der Waals surface area (Å²) in [7, 11) is 1.64. The number of pyridine rings is 1. The number of nitrogens with zero attached hydrogens (tertiary/aromatic N) is 1. The number of aromatic nitrogens is 1. The smallest absolute Gasteiger partial charge is 0.297 e. The van der Waals surface area contributed by atoms with E-state index in [1.807, 2.05) is 36.6 Å². The second-order valence-electron chi connectivity index (χ2n) is 8.13. The molecule has 0 spiro atoms. The second kappa shape index (κ2) is 12.5. The number of unbranched alkanes of at least 4 members (excludes halogenated alkanes) is 6. The number of benzene rings is 1. The van der Waals surface area contributed by atoms with Crippen LogP contribution < -0.4 is 19.8 Å². The van der Waals surface area contributed by atoms with Crippen molar-refractivity contribution in [2.45, 2.75) is 91.7 Å². The van der Waals surface area contributed by atoms with Gasteiger partial charge >= 0.3 is 0 Å². The second-order valence-corrected chi connectivity index (χ2v) is 8.13. The van der Waals surface area contributed by atoms with Crippen LogP contribution in [-0.4, -0.2) is 24.4 Å². The predicted octanol–water partition coefficient (Wildman–Crippen LogP) is 6.34.